The second-order valence-corrected chi connectivity index (χ2v) is 6.61. The second kappa shape index (κ2) is 6.61. The van der Waals surface area contributed by atoms with Gasteiger partial charge in [-0.2, -0.15) is 0 Å². The Hall–Kier alpha value is -1.35. The highest BCUT2D eigenvalue weighted by Gasteiger charge is 2.26. The van der Waals surface area contributed by atoms with E-state index in [2.05, 4.69) is 46.9 Å². The average Bonchev–Trinajstić information content (AvgIpc) is 2.91. The molecule has 0 bridgehead atoms. The molecule has 1 aromatic carbocycles. The molecule has 1 fully saturated rings. The van der Waals surface area contributed by atoms with E-state index in [0.29, 0.717) is 6.04 Å². The highest BCUT2D eigenvalue weighted by molar-refractivity contribution is 5.74. The van der Waals surface area contributed by atoms with Crippen molar-refractivity contribution < 1.29 is 0 Å². The largest absolute Gasteiger partial charge is 0.331 e. The summed E-state index contributed by atoms with van der Waals surface area (Å²) in [5, 5.41) is 3.78. The van der Waals surface area contributed by atoms with Crippen LogP contribution in [0.1, 0.15) is 39.5 Å². The molecule has 3 nitrogen and oxygen atoms in total. The first-order valence-electron chi connectivity index (χ1n) is 8.39. The molecule has 0 aliphatic heterocycles. The molecule has 3 rings (SSSR count). The standard InChI is InChI=1S/C18H27N3/c1-14-7-5-9-16(15(14)2)19-11-6-12-21-13-20-17-8-3-4-10-18(17)21/h3-4,8,10,13-16,19H,5-7,9,11-12H2,1-2H3. The molecule has 1 aliphatic rings. The molecule has 21 heavy (non-hydrogen) atoms. The van der Waals surface area contributed by atoms with Gasteiger partial charge in [0, 0.05) is 12.6 Å². The number of para-hydroxylation sites is 2. The van der Waals surface area contributed by atoms with Crippen molar-refractivity contribution in [1.29, 1.82) is 0 Å². The Bertz CT molecular complexity index is 575. The summed E-state index contributed by atoms with van der Waals surface area (Å²) in [5.74, 6) is 1.68. The Kier molecular flexibility index (Phi) is 4.59. The smallest absolute Gasteiger partial charge is 0.0958 e. The van der Waals surface area contributed by atoms with E-state index >= 15 is 0 Å². The van der Waals surface area contributed by atoms with Gasteiger partial charge in [0.2, 0.25) is 0 Å². The number of aryl methyl sites for hydroxylation is 1. The molecule has 1 aliphatic carbocycles. The highest BCUT2D eigenvalue weighted by atomic mass is 15.0. The zero-order valence-electron chi connectivity index (χ0n) is 13.3. The van der Waals surface area contributed by atoms with Gasteiger partial charge in [-0.05, 0) is 43.4 Å². The quantitative estimate of drug-likeness (QED) is 0.846. The molecule has 0 spiro atoms. The number of fused-ring (bicyclic) bond motifs is 1. The number of nitrogens with zero attached hydrogens (tertiary/aromatic N) is 2. The maximum Gasteiger partial charge on any atom is 0.0958 e. The van der Waals surface area contributed by atoms with Gasteiger partial charge >= 0.3 is 0 Å². The van der Waals surface area contributed by atoms with Gasteiger partial charge in [0.15, 0.2) is 0 Å². The lowest BCUT2D eigenvalue weighted by Crippen LogP contribution is -2.41. The topological polar surface area (TPSA) is 29.9 Å². The van der Waals surface area contributed by atoms with Crippen LogP contribution in [0.2, 0.25) is 0 Å². The zero-order valence-corrected chi connectivity index (χ0v) is 13.3. The van der Waals surface area contributed by atoms with Gasteiger partial charge in [0.1, 0.15) is 0 Å². The first-order chi connectivity index (χ1) is 10.3. The number of hydrogen-bond acceptors (Lipinski definition) is 2. The van der Waals surface area contributed by atoms with Crippen LogP contribution in [0.15, 0.2) is 30.6 Å². The monoisotopic (exact) mass is 285 g/mol. The molecule has 0 radical (unpaired) electrons. The lowest BCUT2D eigenvalue weighted by molar-refractivity contribution is 0.206. The van der Waals surface area contributed by atoms with E-state index in [4.69, 9.17) is 0 Å². The number of benzene rings is 1. The van der Waals surface area contributed by atoms with Crippen molar-refractivity contribution >= 4 is 11.0 Å². The van der Waals surface area contributed by atoms with Crippen molar-refractivity contribution in [1.82, 2.24) is 14.9 Å². The summed E-state index contributed by atoms with van der Waals surface area (Å²) in [5.41, 5.74) is 2.34. The van der Waals surface area contributed by atoms with Crippen LogP contribution in [0.3, 0.4) is 0 Å². The third-order valence-electron chi connectivity index (χ3n) is 5.22. The summed E-state index contributed by atoms with van der Waals surface area (Å²) in [4.78, 5) is 4.45. The van der Waals surface area contributed by atoms with Gasteiger partial charge in [-0.1, -0.05) is 38.8 Å². The molecule has 3 heteroatoms. The van der Waals surface area contributed by atoms with Crippen molar-refractivity contribution in [2.45, 2.75) is 52.1 Å². The molecule has 114 valence electrons. The lowest BCUT2D eigenvalue weighted by atomic mass is 9.78. The Labute approximate surface area is 127 Å². The molecule has 0 saturated heterocycles. The Morgan fingerprint density at radius 3 is 3.00 bits per heavy atom. The van der Waals surface area contributed by atoms with Crippen LogP contribution in [0.4, 0.5) is 0 Å². The maximum atomic E-state index is 4.45. The predicted molar refractivity (Wildman–Crippen MR) is 88.3 cm³/mol. The molecular weight excluding hydrogens is 258 g/mol. The number of imidazole rings is 1. The normalized spacial score (nSPS) is 26.3. The van der Waals surface area contributed by atoms with E-state index in [1.54, 1.807) is 0 Å². The van der Waals surface area contributed by atoms with E-state index in [0.717, 1.165) is 36.9 Å². The van der Waals surface area contributed by atoms with Crippen LogP contribution in [-0.2, 0) is 6.54 Å². The fourth-order valence-corrected chi connectivity index (χ4v) is 3.60. The van der Waals surface area contributed by atoms with Crippen LogP contribution >= 0.6 is 0 Å². The van der Waals surface area contributed by atoms with Crippen molar-refractivity contribution in [2.75, 3.05) is 6.54 Å². The molecule has 3 unspecified atom stereocenters. The Balaban J connectivity index is 1.48. The molecule has 1 heterocycles. The zero-order chi connectivity index (χ0) is 14.7. The molecule has 1 saturated carbocycles. The van der Waals surface area contributed by atoms with Crippen LogP contribution in [0.5, 0.6) is 0 Å². The van der Waals surface area contributed by atoms with Crippen molar-refractivity contribution in [3.05, 3.63) is 30.6 Å². The molecule has 0 amide bonds. The predicted octanol–water partition coefficient (Wildman–Crippen LogP) is 3.84. The summed E-state index contributed by atoms with van der Waals surface area (Å²) < 4.78 is 2.27. The summed E-state index contributed by atoms with van der Waals surface area (Å²) in [6.07, 6.45) is 7.27. The van der Waals surface area contributed by atoms with Crippen LogP contribution in [0, 0.1) is 11.8 Å². The number of hydrogen-bond donors (Lipinski definition) is 1. The molecule has 1 N–H and O–H groups in total. The van der Waals surface area contributed by atoms with Gasteiger partial charge < -0.3 is 9.88 Å². The second-order valence-electron chi connectivity index (χ2n) is 6.61. The summed E-state index contributed by atoms with van der Waals surface area (Å²) in [6.45, 7) is 6.96. The van der Waals surface area contributed by atoms with Gasteiger partial charge in [-0.25, -0.2) is 4.98 Å². The summed E-state index contributed by atoms with van der Waals surface area (Å²) >= 11 is 0. The van der Waals surface area contributed by atoms with Crippen molar-refractivity contribution in [3.63, 3.8) is 0 Å². The third kappa shape index (κ3) is 3.29. The van der Waals surface area contributed by atoms with Gasteiger partial charge in [-0.3, -0.25) is 0 Å². The molecule has 1 aromatic heterocycles. The Morgan fingerprint density at radius 2 is 2.10 bits per heavy atom. The summed E-state index contributed by atoms with van der Waals surface area (Å²) in [6, 6.07) is 9.08. The van der Waals surface area contributed by atoms with Crippen LogP contribution < -0.4 is 5.32 Å². The molecular formula is C18H27N3. The minimum atomic E-state index is 0.716. The van der Waals surface area contributed by atoms with E-state index in [-0.39, 0.29) is 0 Å². The summed E-state index contributed by atoms with van der Waals surface area (Å²) in [7, 11) is 0. The number of aromatic nitrogens is 2. The first-order valence-corrected chi connectivity index (χ1v) is 8.39. The van der Waals surface area contributed by atoms with E-state index in [1.165, 1.54) is 24.8 Å². The molecule has 3 atom stereocenters. The maximum absolute atomic E-state index is 4.45. The van der Waals surface area contributed by atoms with Crippen molar-refractivity contribution in [2.24, 2.45) is 11.8 Å². The fraction of sp³-hybridized carbons (Fsp3) is 0.611. The SMILES string of the molecule is CC1CCCC(NCCCn2cnc3ccccc32)C1C. The first kappa shape index (κ1) is 14.6. The highest BCUT2D eigenvalue weighted by Crippen LogP contribution is 2.29. The van der Waals surface area contributed by atoms with Gasteiger partial charge in [-0.15, -0.1) is 0 Å². The Morgan fingerprint density at radius 1 is 1.24 bits per heavy atom. The minimum Gasteiger partial charge on any atom is -0.331 e. The van der Waals surface area contributed by atoms with E-state index < -0.39 is 0 Å². The van der Waals surface area contributed by atoms with E-state index in [9.17, 15) is 0 Å². The fourth-order valence-electron chi connectivity index (χ4n) is 3.60. The van der Waals surface area contributed by atoms with Crippen LogP contribution in [-0.4, -0.2) is 22.1 Å². The average molecular weight is 285 g/mol. The third-order valence-corrected chi connectivity index (χ3v) is 5.22. The number of nitrogens with one attached hydrogen (secondary N) is 1. The van der Waals surface area contributed by atoms with Crippen molar-refractivity contribution in [3.8, 4) is 0 Å². The molecule has 2 aromatic rings. The number of rotatable bonds is 5. The van der Waals surface area contributed by atoms with Gasteiger partial charge in [0.25, 0.3) is 0 Å². The lowest BCUT2D eigenvalue weighted by Gasteiger charge is -2.34. The minimum absolute atomic E-state index is 0.716. The van der Waals surface area contributed by atoms with Crippen LogP contribution in [0.25, 0.3) is 11.0 Å². The van der Waals surface area contributed by atoms with E-state index in [1.807, 2.05) is 12.4 Å². The van der Waals surface area contributed by atoms with Gasteiger partial charge in [0.05, 0.1) is 17.4 Å².